The molecule has 2 aromatic rings. The molecule has 2 aromatic carbocycles. The van der Waals surface area contributed by atoms with Crippen LogP contribution in [-0.4, -0.2) is 36.5 Å². The Bertz CT molecular complexity index is 699. The number of carbonyl (C=O) groups excluding carboxylic acids is 2. The number of likely N-dealkylation sites (N-methyl/N-ethyl adjacent to an activating group) is 1. The monoisotopic (exact) mass is 340 g/mol. The lowest BCUT2D eigenvalue weighted by atomic mass is 10.1. The van der Waals surface area contributed by atoms with Crippen LogP contribution in [-0.2, 0) is 6.42 Å². The van der Waals surface area contributed by atoms with E-state index in [9.17, 15) is 9.59 Å². The summed E-state index contributed by atoms with van der Waals surface area (Å²) in [7, 11) is 1.63. The lowest BCUT2D eigenvalue weighted by Gasteiger charge is -2.28. The first-order valence-corrected chi connectivity index (χ1v) is 8.35. The highest BCUT2D eigenvalue weighted by molar-refractivity contribution is 6.04. The second-order valence-electron chi connectivity index (χ2n) is 5.81. The minimum atomic E-state index is -0.388. The third kappa shape index (κ3) is 5.08. The summed E-state index contributed by atoms with van der Waals surface area (Å²) in [4.78, 5) is 26.3. The molecule has 132 valence electrons. The molecule has 0 radical (unpaired) electrons. The zero-order valence-electron chi connectivity index (χ0n) is 14.9. The van der Waals surface area contributed by atoms with Crippen LogP contribution in [0, 0.1) is 0 Å². The number of hydrogen-bond acceptors (Lipinski definition) is 3. The first kappa shape index (κ1) is 18.5. The Morgan fingerprint density at radius 3 is 2.28 bits per heavy atom. The van der Waals surface area contributed by atoms with Crippen molar-refractivity contribution in [2.45, 2.75) is 26.3 Å². The van der Waals surface area contributed by atoms with Crippen molar-refractivity contribution in [3.8, 4) is 5.75 Å². The number of rotatable bonds is 6. The molecular weight excluding hydrogens is 316 g/mol. The van der Waals surface area contributed by atoms with E-state index >= 15 is 0 Å². The van der Waals surface area contributed by atoms with Crippen LogP contribution >= 0.6 is 0 Å². The number of imide groups is 1. The molecule has 5 heteroatoms. The van der Waals surface area contributed by atoms with Gasteiger partial charge in [-0.1, -0.05) is 30.3 Å². The predicted octanol–water partition coefficient (Wildman–Crippen LogP) is 3.50. The first-order valence-electron chi connectivity index (χ1n) is 8.35. The number of nitrogens with zero attached hydrogens (tertiary/aromatic N) is 1. The first-order chi connectivity index (χ1) is 12.0. The highest BCUT2D eigenvalue weighted by atomic mass is 16.5. The third-order valence-electron chi connectivity index (χ3n) is 4.08. The minimum absolute atomic E-state index is 0.0398. The molecule has 1 atom stereocenters. The summed E-state index contributed by atoms with van der Waals surface area (Å²) in [5, 5.41) is 2.46. The normalized spacial score (nSPS) is 11.5. The summed E-state index contributed by atoms with van der Waals surface area (Å²) in [5.41, 5.74) is 1.57. The van der Waals surface area contributed by atoms with Gasteiger partial charge in [-0.2, -0.15) is 0 Å². The van der Waals surface area contributed by atoms with Gasteiger partial charge in [0.1, 0.15) is 5.75 Å². The van der Waals surface area contributed by atoms with Crippen LogP contribution in [0.4, 0.5) is 4.79 Å². The van der Waals surface area contributed by atoms with Crippen molar-refractivity contribution in [1.29, 1.82) is 0 Å². The SMILES string of the molecule is CCN(C(=O)NC(=O)c1ccccc1)C(C)Cc1ccc(OC)cc1. The smallest absolute Gasteiger partial charge is 0.324 e. The van der Waals surface area contributed by atoms with Gasteiger partial charge < -0.3 is 9.64 Å². The molecular formula is C20H24N2O3. The average molecular weight is 340 g/mol. The predicted molar refractivity (Wildman–Crippen MR) is 97.8 cm³/mol. The summed E-state index contributed by atoms with van der Waals surface area (Å²) >= 11 is 0. The molecule has 1 N–H and O–H groups in total. The van der Waals surface area contributed by atoms with Crippen molar-refractivity contribution in [2.24, 2.45) is 0 Å². The summed E-state index contributed by atoms with van der Waals surface area (Å²) in [6.45, 7) is 4.39. The largest absolute Gasteiger partial charge is 0.497 e. The van der Waals surface area contributed by atoms with Crippen LogP contribution in [0.3, 0.4) is 0 Å². The van der Waals surface area contributed by atoms with Crippen LogP contribution in [0.25, 0.3) is 0 Å². The Balaban J connectivity index is 1.99. The molecule has 5 nitrogen and oxygen atoms in total. The van der Waals surface area contributed by atoms with E-state index in [4.69, 9.17) is 4.74 Å². The second kappa shape index (κ2) is 8.87. The maximum absolute atomic E-state index is 12.5. The molecule has 0 spiro atoms. The van der Waals surface area contributed by atoms with Gasteiger partial charge in [0.15, 0.2) is 0 Å². The lowest BCUT2D eigenvalue weighted by Crippen LogP contribution is -2.47. The Morgan fingerprint density at radius 1 is 1.08 bits per heavy atom. The Morgan fingerprint density at radius 2 is 1.72 bits per heavy atom. The van der Waals surface area contributed by atoms with Crippen molar-refractivity contribution in [3.05, 3.63) is 65.7 Å². The van der Waals surface area contributed by atoms with Crippen molar-refractivity contribution in [3.63, 3.8) is 0 Å². The van der Waals surface area contributed by atoms with Gasteiger partial charge >= 0.3 is 6.03 Å². The zero-order valence-corrected chi connectivity index (χ0v) is 14.9. The molecule has 0 aromatic heterocycles. The lowest BCUT2D eigenvalue weighted by molar-refractivity contribution is 0.0947. The number of amides is 3. The summed E-state index contributed by atoms with van der Waals surface area (Å²) in [6.07, 6.45) is 0.699. The number of carbonyl (C=O) groups is 2. The molecule has 0 heterocycles. The van der Waals surface area contributed by atoms with E-state index in [2.05, 4.69) is 5.32 Å². The number of nitrogens with one attached hydrogen (secondary N) is 1. The van der Waals surface area contributed by atoms with Gasteiger partial charge in [-0.3, -0.25) is 10.1 Å². The van der Waals surface area contributed by atoms with Gasteiger partial charge in [0.2, 0.25) is 0 Å². The highest BCUT2D eigenvalue weighted by Gasteiger charge is 2.21. The third-order valence-corrected chi connectivity index (χ3v) is 4.08. The van der Waals surface area contributed by atoms with E-state index in [1.807, 2.05) is 44.2 Å². The van der Waals surface area contributed by atoms with Crippen LogP contribution in [0.2, 0.25) is 0 Å². The van der Waals surface area contributed by atoms with E-state index in [0.717, 1.165) is 11.3 Å². The van der Waals surface area contributed by atoms with E-state index in [-0.39, 0.29) is 18.0 Å². The Hall–Kier alpha value is -2.82. The highest BCUT2D eigenvalue weighted by Crippen LogP contribution is 2.14. The Kier molecular flexibility index (Phi) is 6.57. The number of hydrogen-bond donors (Lipinski definition) is 1. The van der Waals surface area contributed by atoms with Gasteiger partial charge in [0, 0.05) is 18.2 Å². The van der Waals surface area contributed by atoms with Crippen molar-refractivity contribution in [1.82, 2.24) is 10.2 Å². The fraction of sp³-hybridized carbons (Fsp3) is 0.300. The van der Waals surface area contributed by atoms with Crippen molar-refractivity contribution >= 4 is 11.9 Å². The fourth-order valence-electron chi connectivity index (χ4n) is 2.70. The van der Waals surface area contributed by atoms with Crippen LogP contribution in [0.1, 0.15) is 29.8 Å². The quantitative estimate of drug-likeness (QED) is 0.875. The van der Waals surface area contributed by atoms with Gasteiger partial charge in [-0.25, -0.2) is 4.79 Å². The van der Waals surface area contributed by atoms with E-state index in [1.165, 1.54) is 0 Å². The summed E-state index contributed by atoms with van der Waals surface area (Å²) < 4.78 is 5.15. The van der Waals surface area contributed by atoms with E-state index in [0.29, 0.717) is 18.5 Å². The standard InChI is InChI=1S/C20H24N2O3/c1-4-22(15(2)14-16-10-12-18(25-3)13-11-16)20(24)21-19(23)17-8-6-5-7-9-17/h5-13,15H,4,14H2,1-3H3,(H,21,23,24). The topological polar surface area (TPSA) is 58.6 Å². The molecule has 0 aliphatic carbocycles. The maximum Gasteiger partial charge on any atom is 0.324 e. The molecule has 0 saturated carbocycles. The van der Waals surface area contributed by atoms with Gasteiger partial charge in [0.25, 0.3) is 5.91 Å². The average Bonchev–Trinajstić information content (AvgIpc) is 2.63. The fourth-order valence-corrected chi connectivity index (χ4v) is 2.70. The molecule has 3 amide bonds. The number of benzene rings is 2. The molecule has 1 unspecified atom stereocenters. The van der Waals surface area contributed by atoms with E-state index < -0.39 is 0 Å². The molecule has 25 heavy (non-hydrogen) atoms. The van der Waals surface area contributed by atoms with Crippen LogP contribution in [0.15, 0.2) is 54.6 Å². The zero-order chi connectivity index (χ0) is 18.2. The molecule has 0 saturated heterocycles. The van der Waals surface area contributed by atoms with Crippen molar-refractivity contribution < 1.29 is 14.3 Å². The van der Waals surface area contributed by atoms with Gasteiger partial charge in [-0.15, -0.1) is 0 Å². The maximum atomic E-state index is 12.5. The Labute approximate surface area is 148 Å². The van der Waals surface area contributed by atoms with Gasteiger partial charge in [0.05, 0.1) is 7.11 Å². The number of urea groups is 1. The second-order valence-corrected chi connectivity index (χ2v) is 5.81. The molecule has 0 aliphatic heterocycles. The van der Waals surface area contributed by atoms with Crippen molar-refractivity contribution in [2.75, 3.05) is 13.7 Å². The van der Waals surface area contributed by atoms with Crippen LogP contribution < -0.4 is 10.1 Å². The summed E-state index contributed by atoms with van der Waals surface area (Å²) in [6, 6.07) is 16.1. The molecule has 0 fully saturated rings. The number of methoxy groups -OCH3 is 1. The number of ether oxygens (including phenoxy) is 1. The molecule has 0 bridgehead atoms. The summed E-state index contributed by atoms with van der Waals surface area (Å²) in [5.74, 6) is 0.413. The van der Waals surface area contributed by atoms with Crippen LogP contribution in [0.5, 0.6) is 5.75 Å². The molecule has 0 aliphatic rings. The van der Waals surface area contributed by atoms with Gasteiger partial charge in [-0.05, 0) is 50.1 Å². The molecule has 2 rings (SSSR count). The van der Waals surface area contributed by atoms with E-state index in [1.54, 1.807) is 36.3 Å². The minimum Gasteiger partial charge on any atom is -0.497 e.